The minimum atomic E-state index is 0.595. The molecule has 0 radical (unpaired) electrons. The highest BCUT2D eigenvalue weighted by atomic mass is 16.5. The Hall–Kier alpha value is -1.51. The summed E-state index contributed by atoms with van der Waals surface area (Å²) in [6.07, 6.45) is 3.67. The lowest BCUT2D eigenvalue weighted by Crippen LogP contribution is -2.35. The third kappa shape index (κ3) is 2.18. The van der Waals surface area contributed by atoms with Crippen molar-refractivity contribution in [3.05, 3.63) is 29.8 Å². The fourth-order valence-corrected chi connectivity index (χ4v) is 2.13. The second kappa shape index (κ2) is 5.01. The van der Waals surface area contributed by atoms with Crippen LogP contribution in [0.25, 0.3) is 0 Å². The molecular formula is C13H18N2O. The number of piperidine rings is 1. The average Bonchev–Trinajstić information content (AvgIpc) is 2.39. The highest BCUT2D eigenvalue weighted by molar-refractivity contribution is 5.98. The molecule has 3 nitrogen and oxygen atoms in total. The van der Waals surface area contributed by atoms with Crippen LogP contribution < -0.4 is 4.74 Å². The summed E-state index contributed by atoms with van der Waals surface area (Å²) < 4.78 is 5.29. The van der Waals surface area contributed by atoms with Gasteiger partial charge in [0.05, 0.1) is 12.7 Å². The van der Waals surface area contributed by atoms with E-state index in [4.69, 9.17) is 10.1 Å². The van der Waals surface area contributed by atoms with Gasteiger partial charge in [-0.2, -0.15) is 0 Å². The average molecular weight is 218 g/mol. The molecule has 1 N–H and O–H groups in total. The molecule has 3 heteroatoms. The molecule has 0 saturated carbocycles. The van der Waals surface area contributed by atoms with Gasteiger partial charge in [0.2, 0.25) is 0 Å². The van der Waals surface area contributed by atoms with Crippen LogP contribution in [0, 0.1) is 5.41 Å². The van der Waals surface area contributed by atoms with Crippen molar-refractivity contribution >= 4 is 5.84 Å². The van der Waals surface area contributed by atoms with Crippen molar-refractivity contribution in [3.8, 4) is 5.75 Å². The molecule has 1 heterocycles. The first-order chi connectivity index (χ1) is 7.83. The Morgan fingerprint density at radius 1 is 1.19 bits per heavy atom. The Morgan fingerprint density at radius 2 is 1.88 bits per heavy atom. The van der Waals surface area contributed by atoms with Gasteiger partial charge < -0.3 is 9.64 Å². The van der Waals surface area contributed by atoms with Crippen LogP contribution in [0.4, 0.5) is 0 Å². The Bertz CT molecular complexity index is 370. The van der Waals surface area contributed by atoms with Gasteiger partial charge in [0, 0.05) is 13.1 Å². The predicted octanol–water partition coefficient (Wildman–Crippen LogP) is 2.51. The van der Waals surface area contributed by atoms with Crippen LogP contribution in [-0.4, -0.2) is 30.9 Å². The molecule has 1 aromatic rings. The minimum absolute atomic E-state index is 0.595. The molecule has 1 saturated heterocycles. The lowest BCUT2D eigenvalue weighted by Gasteiger charge is -2.29. The van der Waals surface area contributed by atoms with E-state index in [1.807, 2.05) is 24.3 Å². The van der Waals surface area contributed by atoms with E-state index >= 15 is 0 Å². The second-order valence-electron chi connectivity index (χ2n) is 4.10. The molecule has 0 unspecified atom stereocenters. The van der Waals surface area contributed by atoms with Gasteiger partial charge >= 0.3 is 0 Å². The SMILES string of the molecule is COc1ccccc1C(=N)N1CCCCC1. The van der Waals surface area contributed by atoms with Crippen LogP contribution in [0.2, 0.25) is 0 Å². The fraction of sp³-hybridized carbons (Fsp3) is 0.462. The van der Waals surface area contributed by atoms with Crippen LogP contribution in [0.3, 0.4) is 0 Å². The standard InChI is InChI=1S/C13H18N2O/c1-16-12-8-4-3-7-11(12)13(14)15-9-5-2-6-10-15/h3-4,7-8,14H,2,5-6,9-10H2,1H3. The normalized spacial score (nSPS) is 15.9. The number of hydrogen-bond donors (Lipinski definition) is 1. The van der Waals surface area contributed by atoms with E-state index in [0.29, 0.717) is 5.84 Å². The summed E-state index contributed by atoms with van der Waals surface area (Å²) in [7, 11) is 1.66. The van der Waals surface area contributed by atoms with Gasteiger partial charge in [-0.3, -0.25) is 5.41 Å². The number of likely N-dealkylation sites (tertiary alicyclic amines) is 1. The number of benzene rings is 1. The number of rotatable bonds is 2. The summed E-state index contributed by atoms with van der Waals surface area (Å²) in [5.74, 6) is 1.38. The van der Waals surface area contributed by atoms with Crippen LogP contribution >= 0.6 is 0 Å². The van der Waals surface area contributed by atoms with Gasteiger partial charge in [-0.25, -0.2) is 0 Å². The van der Waals surface area contributed by atoms with Crippen molar-refractivity contribution in [2.75, 3.05) is 20.2 Å². The molecule has 1 aromatic carbocycles. The van der Waals surface area contributed by atoms with Gasteiger partial charge in [0.15, 0.2) is 0 Å². The number of nitrogens with zero attached hydrogens (tertiary/aromatic N) is 1. The molecular weight excluding hydrogens is 200 g/mol. The van der Waals surface area contributed by atoms with E-state index in [9.17, 15) is 0 Å². The molecule has 0 bridgehead atoms. The molecule has 0 amide bonds. The van der Waals surface area contributed by atoms with Crippen LogP contribution in [0.1, 0.15) is 24.8 Å². The van der Waals surface area contributed by atoms with Gasteiger partial charge in [-0.1, -0.05) is 12.1 Å². The van der Waals surface area contributed by atoms with Gasteiger partial charge in [-0.05, 0) is 31.4 Å². The molecule has 0 atom stereocenters. The molecule has 1 aliphatic rings. The molecule has 0 aliphatic carbocycles. The Labute approximate surface area is 96.5 Å². The predicted molar refractivity (Wildman–Crippen MR) is 65.2 cm³/mol. The van der Waals surface area contributed by atoms with E-state index in [-0.39, 0.29) is 0 Å². The minimum Gasteiger partial charge on any atom is -0.496 e. The van der Waals surface area contributed by atoms with Crippen molar-refractivity contribution in [1.82, 2.24) is 4.90 Å². The number of ether oxygens (including phenoxy) is 1. The van der Waals surface area contributed by atoms with Gasteiger partial charge in [-0.15, -0.1) is 0 Å². The first kappa shape index (κ1) is 11.0. The summed E-state index contributed by atoms with van der Waals surface area (Å²) in [5, 5.41) is 8.21. The van der Waals surface area contributed by atoms with Crippen molar-refractivity contribution in [2.24, 2.45) is 0 Å². The molecule has 1 aliphatic heterocycles. The molecule has 1 fully saturated rings. The maximum atomic E-state index is 8.21. The van der Waals surface area contributed by atoms with Crippen LogP contribution in [0.15, 0.2) is 24.3 Å². The Morgan fingerprint density at radius 3 is 2.56 bits per heavy atom. The van der Waals surface area contributed by atoms with E-state index in [1.54, 1.807) is 7.11 Å². The molecule has 86 valence electrons. The first-order valence-corrected chi connectivity index (χ1v) is 5.80. The third-order valence-electron chi connectivity index (χ3n) is 3.03. The highest BCUT2D eigenvalue weighted by Crippen LogP contribution is 2.21. The molecule has 0 aromatic heterocycles. The maximum Gasteiger partial charge on any atom is 0.131 e. The van der Waals surface area contributed by atoms with Gasteiger partial charge in [0.1, 0.15) is 11.6 Å². The summed E-state index contributed by atoms with van der Waals surface area (Å²) in [5.41, 5.74) is 0.895. The third-order valence-corrected chi connectivity index (χ3v) is 3.03. The summed E-state index contributed by atoms with van der Waals surface area (Å²) in [4.78, 5) is 2.14. The first-order valence-electron chi connectivity index (χ1n) is 5.80. The second-order valence-corrected chi connectivity index (χ2v) is 4.10. The number of hydrogen-bond acceptors (Lipinski definition) is 2. The van der Waals surface area contributed by atoms with E-state index in [2.05, 4.69) is 4.90 Å². The monoisotopic (exact) mass is 218 g/mol. The molecule has 0 spiro atoms. The summed E-state index contributed by atoms with van der Waals surface area (Å²) in [6.45, 7) is 1.99. The largest absolute Gasteiger partial charge is 0.496 e. The zero-order valence-electron chi connectivity index (χ0n) is 9.70. The molecule has 16 heavy (non-hydrogen) atoms. The lowest BCUT2D eigenvalue weighted by atomic mass is 10.1. The fourth-order valence-electron chi connectivity index (χ4n) is 2.13. The lowest BCUT2D eigenvalue weighted by molar-refractivity contribution is 0.339. The Kier molecular flexibility index (Phi) is 3.44. The van der Waals surface area contributed by atoms with E-state index < -0.39 is 0 Å². The quantitative estimate of drug-likeness (QED) is 0.611. The van der Waals surface area contributed by atoms with Crippen molar-refractivity contribution in [2.45, 2.75) is 19.3 Å². The van der Waals surface area contributed by atoms with E-state index in [0.717, 1.165) is 24.4 Å². The number of nitrogens with one attached hydrogen (secondary N) is 1. The van der Waals surface area contributed by atoms with Crippen molar-refractivity contribution < 1.29 is 4.74 Å². The molecule has 2 rings (SSSR count). The number of amidine groups is 1. The summed E-state index contributed by atoms with van der Waals surface area (Å²) in [6, 6.07) is 7.76. The summed E-state index contributed by atoms with van der Waals surface area (Å²) >= 11 is 0. The van der Waals surface area contributed by atoms with Crippen LogP contribution in [-0.2, 0) is 0 Å². The highest BCUT2D eigenvalue weighted by Gasteiger charge is 2.17. The van der Waals surface area contributed by atoms with Crippen molar-refractivity contribution in [3.63, 3.8) is 0 Å². The maximum absolute atomic E-state index is 8.21. The van der Waals surface area contributed by atoms with Crippen molar-refractivity contribution in [1.29, 1.82) is 5.41 Å². The number of methoxy groups -OCH3 is 1. The number of para-hydroxylation sites is 1. The van der Waals surface area contributed by atoms with Crippen LogP contribution in [0.5, 0.6) is 5.75 Å². The topological polar surface area (TPSA) is 36.3 Å². The van der Waals surface area contributed by atoms with E-state index in [1.165, 1.54) is 19.3 Å². The smallest absolute Gasteiger partial charge is 0.131 e. The van der Waals surface area contributed by atoms with Gasteiger partial charge in [0.25, 0.3) is 0 Å². The zero-order chi connectivity index (χ0) is 11.4. The zero-order valence-corrected chi connectivity index (χ0v) is 9.70. The Balaban J connectivity index is 2.19.